The molecule has 2 aromatic carbocycles. The molecule has 0 saturated heterocycles. The minimum atomic E-state index is -0.353. The van der Waals surface area contributed by atoms with Crippen LogP contribution < -0.4 is 5.32 Å². The molecule has 0 fully saturated rings. The van der Waals surface area contributed by atoms with Crippen molar-refractivity contribution < 1.29 is 13.9 Å². The lowest BCUT2D eigenvalue weighted by atomic mass is 10.1. The van der Waals surface area contributed by atoms with E-state index in [1.807, 2.05) is 31.2 Å². The van der Waals surface area contributed by atoms with Gasteiger partial charge < -0.3 is 10.1 Å². The summed E-state index contributed by atoms with van der Waals surface area (Å²) in [6, 6.07) is 13.6. The summed E-state index contributed by atoms with van der Waals surface area (Å²) in [5.74, 6) is 0.225. The first kappa shape index (κ1) is 22.3. The summed E-state index contributed by atoms with van der Waals surface area (Å²) in [5.41, 5.74) is 2.37. The molecular weight excluding hydrogens is 425 g/mol. The zero-order valence-electron chi connectivity index (χ0n) is 17.0. The van der Waals surface area contributed by atoms with Crippen LogP contribution in [0.5, 0.6) is 0 Å². The van der Waals surface area contributed by atoms with Gasteiger partial charge in [0, 0.05) is 17.8 Å². The first-order valence-electron chi connectivity index (χ1n) is 9.44. The summed E-state index contributed by atoms with van der Waals surface area (Å²) in [7, 11) is 1.69. The number of hydrogen-bond acceptors (Lipinski definition) is 4. The molecular formula is C22H23ClFN3O2S. The predicted octanol–water partition coefficient (Wildman–Crippen LogP) is 5.20. The SMILES string of the molecule is COCCSc1ccc(C(C)NC(=O)c2c(C)nn(-c3ccc(F)cc3)c2Cl)cc1. The molecule has 0 aliphatic carbocycles. The minimum Gasteiger partial charge on any atom is -0.384 e. The van der Waals surface area contributed by atoms with Gasteiger partial charge in [-0.2, -0.15) is 5.10 Å². The van der Waals surface area contributed by atoms with Crippen LogP contribution in [-0.4, -0.2) is 35.2 Å². The third-order valence-corrected chi connectivity index (χ3v) is 5.91. The maximum Gasteiger partial charge on any atom is 0.256 e. The van der Waals surface area contributed by atoms with Crippen LogP contribution in [0.2, 0.25) is 5.15 Å². The van der Waals surface area contributed by atoms with E-state index in [1.54, 1.807) is 37.9 Å². The van der Waals surface area contributed by atoms with E-state index < -0.39 is 0 Å². The Labute approximate surface area is 184 Å². The van der Waals surface area contributed by atoms with Crippen LogP contribution >= 0.6 is 23.4 Å². The molecule has 0 spiro atoms. The van der Waals surface area contributed by atoms with Crippen LogP contribution in [0.25, 0.3) is 5.69 Å². The number of halogens is 2. The maximum atomic E-state index is 13.2. The van der Waals surface area contributed by atoms with Crippen molar-refractivity contribution in [3.63, 3.8) is 0 Å². The largest absolute Gasteiger partial charge is 0.384 e. The van der Waals surface area contributed by atoms with E-state index in [0.29, 0.717) is 23.6 Å². The van der Waals surface area contributed by atoms with Gasteiger partial charge in [-0.25, -0.2) is 9.07 Å². The first-order valence-corrected chi connectivity index (χ1v) is 10.8. The number of aromatic nitrogens is 2. The van der Waals surface area contributed by atoms with Crippen LogP contribution in [0.1, 0.15) is 34.6 Å². The Balaban J connectivity index is 1.72. The van der Waals surface area contributed by atoms with Gasteiger partial charge in [0.05, 0.1) is 29.6 Å². The molecule has 0 aliphatic rings. The Morgan fingerprint density at radius 1 is 1.23 bits per heavy atom. The molecule has 0 radical (unpaired) electrons. The minimum absolute atomic E-state index is 0.189. The smallest absolute Gasteiger partial charge is 0.256 e. The second kappa shape index (κ2) is 10.1. The highest BCUT2D eigenvalue weighted by atomic mass is 35.5. The van der Waals surface area contributed by atoms with Crippen molar-refractivity contribution in [1.82, 2.24) is 15.1 Å². The predicted molar refractivity (Wildman–Crippen MR) is 118 cm³/mol. The Bertz CT molecular complexity index is 1010. The number of thioether (sulfide) groups is 1. The summed E-state index contributed by atoms with van der Waals surface area (Å²) in [6.07, 6.45) is 0. The fraction of sp³-hybridized carbons (Fsp3) is 0.273. The summed E-state index contributed by atoms with van der Waals surface area (Å²) in [6.45, 7) is 4.33. The van der Waals surface area contributed by atoms with Crippen LogP contribution in [0.15, 0.2) is 53.4 Å². The molecule has 0 aliphatic heterocycles. The van der Waals surface area contributed by atoms with E-state index >= 15 is 0 Å². The second-order valence-corrected chi connectivity index (χ2v) is 8.27. The molecule has 1 atom stereocenters. The molecule has 3 rings (SSSR count). The van der Waals surface area contributed by atoms with Crippen molar-refractivity contribution in [3.8, 4) is 5.69 Å². The van der Waals surface area contributed by atoms with E-state index in [0.717, 1.165) is 16.2 Å². The van der Waals surface area contributed by atoms with Crippen LogP contribution in [0.3, 0.4) is 0 Å². The maximum absolute atomic E-state index is 13.2. The van der Waals surface area contributed by atoms with Gasteiger partial charge in [0.15, 0.2) is 0 Å². The fourth-order valence-electron chi connectivity index (χ4n) is 2.96. The number of ether oxygens (including phenoxy) is 1. The summed E-state index contributed by atoms with van der Waals surface area (Å²) >= 11 is 8.16. The first-order chi connectivity index (χ1) is 14.4. The number of nitrogens with zero attached hydrogens (tertiary/aromatic N) is 2. The topological polar surface area (TPSA) is 56.1 Å². The zero-order chi connectivity index (χ0) is 21.7. The van der Waals surface area contributed by atoms with Crippen molar-refractivity contribution in [2.24, 2.45) is 0 Å². The number of methoxy groups -OCH3 is 1. The van der Waals surface area contributed by atoms with Gasteiger partial charge in [-0.05, 0) is 55.8 Å². The molecule has 3 aromatic rings. The standard InChI is InChI=1S/C22H23ClFN3O2S/c1-14(16-4-10-19(11-5-16)30-13-12-29-3)25-22(28)20-15(2)26-27(21(20)23)18-8-6-17(24)7-9-18/h4-11,14H,12-13H2,1-3H3,(H,25,28). The normalized spacial score (nSPS) is 12.0. The van der Waals surface area contributed by atoms with Gasteiger partial charge in [-0.1, -0.05) is 23.7 Å². The van der Waals surface area contributed by atoms with E-state index in [-0.39, 0.29) is 22.9 Å². The zero-order valence-corrected chi connectivity index (χ0v) is 18.6. The molecule has 0 bridgehead atoms. The molecule has 1 amide bonds. The number of amides is 1. The monoisotopic (exact) mass is 447 g/mol. The third-order valence-electron chi connectivity index (χ3n) is 4.59. The van der Waals surface area contributed by atoms with Gasteiger partial charge in [0.1, 0.15) is 11.0 Å². The lowest BCUT2D eigenvalue weighted by Gasteiger charge is -2.15. The van der Waals surface area contributed by atoms with Crippen molar-refractivity contribution in [2.45, 2.75) is 24.8 Å². The highest BCUT2D eigenvalue weighted by molar-refractivity contribution is 7.99. The Morgan fingerprint density at radius 3 is 2.53 bits per heavy atom. The van der Waals surface area contributed by atoms with Gasteiger partial charge in [0.2, 0.25) is 0 Å². The number of rotatable bonds is 8. The number of benzene rings is 2. The lowest BCUT2D eigenvalue weighted by molar-refractivity contribution is 0.0939. The molecule has 1 N–H and O–H groups in total. The molecule has 0 saturated carbocycles. The average molecular weight is 448 g/mol. The van der Waals surface area contributed by atoms with E-state index in [1.165, 1.54) is 16.8 Å². The molecule has 30 heavy (non-hydrogen) atoms. The Morgan fingerprint density at radius 2 is 1.90 bits per heavy atom. The number of nitrogens with one attached hydrogen (secondary N) is 1. The summed E-state index contributed by atoms with van der Waals surface area (Å²) < 4.78 is 19.7. The van der Waals surface area contributed by atoms with E-state index in [2.05, 4.69) is 10.4 Å². The molecule has 1 heterocycles. The van der Waals surface area contributed by atoms with Crippen LogP contribution in [0.4, 0.5) is 4.39 Å². The van der Waals surface area contributed by atoms with Crippen LogP contribution in [0, 0.1) is 12.7 Å². The number of carbonyl (C=O) groups excluding carboxylic acids is 1. The number of aryl methyl sites for hydroxylation is 1. The van der Waals surface area contributed by atoms with Crippen molar-refractivity contribution in [3.05, 3.63) is 76.3 Å². The third kappa shape index (κ3) is 5.22. The number of hydrogen-bond donors (Lipinski definition) is 1. The highest BCUT2D eigenvalue weighted by Crippen LogP contribution is 2.25. The average Bonchev–Trinajstić information content (AvgIpc) is 3.03. The molecule has 5 nitrogen and oxygen atoms in total. The Hall–Kier alpha value is -2.35. The highest BCUT2D eigenvalue weighted by Gasteiger charge is 2.22. The van der Waals surface area contributed by atoms with Gasteiger partial charge >= 0.3 is 0 Å². The van der Waals surface area contributed by atoms with Gasteiger partial charge in [-0.15, -0.1) is 11.8 Å². The molecule has 158 valence electrons. The van der Waals surface area contributed by atoms with Crippen molar-refractivity contribution in [2.75, 3.05) is 19.5 Å². The quantitative estimate of drug-likeness (QED) is 0.380. The number of carbonyl (C=O) groups is 1. The summed E-state index contributed by atoms with van der Waals surface area (Å²) in [5, 5.41) is 7.51. The Kier molecular flexibility index (Phi) is 7.53. The van der Waals surface area contributed by atoms with Crippen molar-refractivity contribution >= 4 is 29.3 Å². The molecule has 8 heteroatoms. The van der Waals surface area contributed by atoms with E-state index in [9.17, 15) is 9.18 Å². The fourth-order valence-corrected chi connectivity index (χ4v) is 4.13. The summed E-state index contributed by atoms with van der Waals surface area (Å²) in [4.78, 5) is 14.0. The lowest BCUT2D eigenvalue weighted by Crippen LogP contribution is -2.27. The van der Waals surface area contributed by atoms with E-state index in [4.69, 9.17) is 16.3 Å². The second-order valence-electron chi connectivity index (χ2n) is 6.74. The van der Waals surface area contributed by atoms with Crippen molar-refractivity contribution in [1.29, 1.82) is 0 Å². The van der Waals surface area contributed by atoms with Gasteiger partial charge in [-0.3, -0.25) is 4.79 Å². The van der Waals surface area contributed by atoms with Crippen LogP contribution in [-0.2, 0) is 4.74 Å². The molecule has 1 aromatic heterocycles. The van der Waals surface area contributed by atoms with Gasteiger partial charge in [0.25, 0.3) is 5.91 Å². The molecule has 1 unspecified atom stereocenters.